The lowest BCUT2D eigenvalue weighted by molar-refractivity contribution is -0.171. The highest BCUT2D eigenvalue weighted by molar-refractivity contribution is 5.80. The predicted molar refractivity (Wildman–Crippen MR) is 103 cm³/mol. The molecule has 0 amide bonds. The number of nitrogens with one attached hydrogen (secondary N) is 2. The van der Waals surface area contributed by atoms with Crippen molar-refractivity contribution in [2.75, 3.05) is 19.8 Å². The van der Waals surface area contributed by atoms with E-state index < -0.39 is 0 Å². The predicted octanol–water partition coefficient (Wildman–Crippen LogP) is 3.10. The van der Waals surface area contributed by atoms with Gasteiger partial charge in [-0.2, -0.15) is 0 Å². The van der Waals surface area contributed by atoms with Gasteiger partial charge in [0.1, 0.15) is 5.75 Å². The summed E-state index contributed by atoms with van der Waals surface area (Å²) < 4.78 is 11.8. The second-order valence-corrected chi connectivity index (χ2v) is 7.69. The molecule has 26 heavy (non-hydrogen) atoms. The number of guanidine groups is 1. The first-order valence-electron chi connectivity index (χ1n) is 10.2. The summed E-state index contributed by atoms with van der Waals surface area (Å²) in [5, 5.41) is 7.18. The number of benzene rings is 1. The van der Waals surface area contributed by atoms with Crippen LogP contribution in [0.5, 0.6) is 5.75 Å². The van der Waals surface area contributed by atoms with Crippen molar-refractivity contribution >= 4 is 5.96 Å². The molecule has 3 fully saturated rings. The van der Waals surface area contributed by atoms with Gasteiger partial charge < -0.3 is 20.1 Å². The Morgan fingerprint density at radius 3 is 2.88 bits per heavy atom. The van der Waals surface area contributed by atoms with Crippen LogP contribution in [0.2, 0.25) is 0 Å². The van der Waals surface area contributed by atoms with E-state index in [2.05, 4.69) is 23.6 Å². The SMILES string of the molecule is CCNC(=NCc1ccccc1OCC)NC1C2CCOC2C12CCC2. The summed E-state index contributed by atoms with van der Waals surface area (Å²) in [5.41, 5.74) is 1.49. The average molecular weight is 357 g/mol. The lowest BCUT2D eigenvalue weighted by atomic mass is 9.46. The molecule has 1 aromatic carbocycles. The zero-order valence-corrected chi connectivity index (χ0v) is 16.0. The number of fused-ring (bicyclic) bond motifs is 2. The van der Waals surface area contributed by atoms with Crippen molar-refractivity contribution < 1.29 is 9.47 Å². The van der Waals surface area contributed by atoms with E-state index in [-0.39, 0.29) is 0 Å². The molecule has 142 valence electrons. The summed E-state index contributed by atoms with van der Waals surface area (Å²) in [6.45, 7) is 7.21. The Kier molecular flexibility index (Phi) is 5.07. The summed E-state index contributed by atoms with van der Waals surface area (Å²) in [6, 6.07) is 8.67. The maximum absolute atomic E-state index is 6.04. The number of ether oxygens (including phenoxy) is 2. The Morgan fingerprint density at radius 2 is 2.15 bits per heavy atom. The van der Waals surface area contributed by atoms with Crippen molar-refractivity contribution in [1.82, 2.24) is 10.6 Å². The largest absolute Gasteiger partial charge is 0.494 e. The van der Waals surface area contributed by atoms with Gasteiger partial charge in [0.05, 0.1) is 19.3 Å². The highest BCUT2D eigenvalue weighted by Gasteiger charge is 2.66. The molecule has 0 radical (unpaired) electrons. The molecule has 1 aliphatic heterocycles. The first-order valence-corrected chi connectivity index (χ1v) is 10.2. The highest BCUT2D eigenvalue weighted by Crippen LogP contribution is 2.62. The van der Waals surface area contributed by atoms with Gasteiger partial charge in [-0.05, 0) is 39.2 Å². The molecule has 2 aliphatic carbocycles. The van der Waals surface area contributed by atoms with Crippen LogP contribution in [0.15, 0.2) is 29.3 Å². The van der Waals surface area contributed by atoms with Crippen molar-refractivity contribution in [2.24, 2.45) is 16.3 Å². The van der Waals surface area contributed by atoms with E-state index in [9.17, 15) is 0 Å². The summed E-state index contributed by atoms with van der Waals surface area (Å²) >= 11 is 0. The zero-order chi connectivity index (χ0) is 18.0. The van der Waals surface area contributed by atoms with Crippen molar-refractivity contribution in [3.8, 4) is 5.75 Å². The van der Waals surface area contributed by atoms with Crippen LogP contribution < -0.4 is 15.4 Å². The normalized spacial score (nSPS) is 28.8. The Balaban J connectivity index is 1.47. The molecule has 5 nitrogen and oxygen atoms in total. The fourth-order valence-corrected chi connectivity index (χ4v) is 5.02. The number of rotatable bonds is 6. The van der Waals surface area contributed by atoms with Gasteiger partial charge in [-0.25, -0.2) is 4.99 Å². The van der Waals surface area contributed by atoms with E-state index in [0.717, 1.165) is 30.4 Å². The van der Waals surface area contributed by atoms with E-state index in [4.69, 9.17) is 14.5 Å². The summed E-state index contributed by atoms with van der Waals surface area (Å²) in [4.78, 5) is 4.86. The average Bonchev–Trinajstić information content (AvgIpc) is 3.02. The van der Waals surface area contributed by atoms with Crippen molar-refractivity contribution in [1.29, 1.82) is 0 Å². The van der Waals surface area contributed by atoms with Gasteiger partial charge in [-0.1, -0.05) is 24.6 Å². The standard InChI is InChI=1S/C21H31N3O2/c1-3-22-20(23-14-15-8-5-6-9-17(15)25-4-2)24-18-16-10-13-26-19(16)21(18)11-7-12-21/h5-6,8-9,16,18-19H,3-4,7,10-14H2,1-2H3,(H2,22,23,24). The van der Waals surface area contributed by atoms with Crippen LogP contribution in [-0.2, 0) is 11.3 Å². The monoisotopic (exact) mass is 357 g/mol. The molecular weight excluding hydrogens is 326 g/mol. The van der Waals surface area contributed by atoms with Gasteiger partial charge in [-0.3, -0.25) is 0 Å². The van der Waals surface area contributed by atoms with Gasteiger partial charge in [0, 0.05) is 36.1 Å². The van der Waals surface area contributed by atoms with Gasteiger partial charge in [-0.15, -0.1) is 0 Å². The Hall–Kier alpha value is -1.75. The number of aliphatic imine (C=N–C) groups is 1. The lowest BCUT2D eigenvalue weighted by Gasteiger charge is -2.63. The van der Waals surface area contributed by atoms with Gasteiger partial charge in [0.2, 0.25) is 0 Å². The van der Waals surface area contributed by atoms with Gasteiger partial charge in [0.15, 0.2) is 5.96 Å². The van der Waals surface area contributed by atoms with Crippen LogP contribution in [0.4, 0.5) is 0 Å². The molecule has 1 aromatic rings. The number of para-hydroxylation sites is 1. The quantitative estimate of drug-likeness (QED) is 0.607. The van der Waals surface area contributed by atoms with Crippen LogP contribution in [0.25, 0.3) is 0 Å². The summed E-state index contributed by atoms with van der Waals surface area (Å²) in [6.07, 6.45) is 5.57. The fourth-order valence-electron chi connectivity index (χ4n) is 5.02. The molecule has 1 saturated heterocycles. The van der Waals surface area contributed by atoms with Gasteiger partial charge in [0.25, 0.3) is 0 Å². The number of hydrogen-bond acceptors (Lipinski definition) is 3. The third-order valence-electron chi connectivity index (χ3n) is 6.35. The fraction of sp³-hybridized carbons (Fsp3) is 0.667. The first-order chi connectivity index (χ1) is 12.8. The van der Waals surface area contributed by atoms with E-state index in [1.54, 1.807) is 0 Å². The topological polar surface area (TPSA) is 54.9 Å². The van der Waals surface area contributed by atoms with Crippen LogP contribution in [0.1, 0.15) is 45.1 Å². The van der Waals surface area contributed by atoms with Crippen molar-refractivity contribution in [3.05, 3.63) is 29.8 Å². The highest BCUT2D eigenvalue weighted by atomic mass is 16.5. The minimum absolute atomic E-state index is 0.362. The van der Waals surface area contributed by atoms with Crippen LogP contribution >= 0.6 is 0 Å². The van der Waals surface area contributed by atoms with Crippen LogP contribution in [-0.4, -0.2) is 37.9 Å². The van der Waals surface area contributed by atoms with Crippen LogP contribution in [0, 0.1) is 11.3 Å². The second kappa shape index (κ2) is 7.47. The number of hydrogen-bond donors (Lipinski definition) is 2. The summed E-state index contributed by atoms with van der Waals surface area (Å²) in [7, 11) is 0. The van der Waals surface area contributed by atoms with Crippen molar-refractivity contribution in [2.45, 2.75) is 58.2 Å². The molecule has 1 spiro atoms. The Labute approximate surface area is 156 Å². The zero-order valence-electron chi connectivity index (χ0n) is 16.0. The molecule has 0 bridgehead atoms. The minimum Gasteiger partial charge on any atom is -0.494 e. The molecule has 0 aromatic heterocycles. The summed E-state index contributed by atoms with van der Waals surface area (Å²) in [5.74, 6) is 2.49. The third kappa shape index (κ3) is 2.96. The Bertz CT molecular complexity index is 656. The molecule has 1 heterocycles. The maximum Gasteiger partial charge on any atom is 0.191 e. The third-order valence-corrected chi connectivity index (χ3v) is 6.35. The molecule has 3 aliphatic rings. The second-order valence-electron chi connectivity index (χ2n) is 7.69. The maximum atomic E-state index is 6.04. The smallest absolute Gasteiger partial charge is 0.191 e. The van der Waals surface area contributed by atoms with Crippen LogP contribution in [0.3, 0.4) is 0 Å². The molecule has 5 heteroatoms. The van der Waals surface area contributed by atoms with E-state index >= 15 is 0 Å². The van der Waals surface area contributed by atoms with E-state index in [1.807, 2.05) is 25.1 Å². The van der Waals surface area contributed by atoms with Crippen molar-refractivity contribution in [3.63, 3.8) is 0 Å². The molecule has 2 N–H and O–H groups in total. The number of nitrogens with zero attached hydrogens (tertiary/aromatic N) is 1. The molecule has 4 rings (SSSR count). The molecule has 2 saturated carbocycles. The molecular formula is C21H31N3O2. The molecule has 3 unspecified atom stereocenters. The van der Waals surface area contributed by atoms with E-state index in [1.165, 1.54) is 25.7 Å². The minimum atomic E-state index is 0.362. The molecule has 3 atom stereocenters. The van der Waals surface area contributed by atoms with Gasteiger partial charge >= 0.3 is 0 Å². The Morgan fingerprint density at radius 1 is 1.31 bits per heavy atom. The van der Waals surface area contributed by atoms with E-state index in [0.29, 0.717) is 36.6 Å². The lowest BCUT2D eigenvalue weighted by Crippen LogP contribution is -2.72. The first kappa shape index (κ1) is 17.7.